The number of rotatable bonds is 5. The largest absolute Gasteiger partial charge is 0.314 e. The van der Waals surface area contributed by atoms with Crippen molar-refractivity contribution < 1.29 is 0 Å². The van der Waals surface area contributed by atoms with Crippen LogP contribution in [0.5, 0.6) is 0 Å². The lowest BCUT2D eigenvalue weighted by molar-refractivity contribution is 0.224. The zero-order valence-electron chi connectivity index (χ0n) is 11.9. The molecule has 0 aliphatic carbocycles. The van der Waals surface area contributed by atoms with E-state index >= 15 is 0 Å². The van der Waals surface area contributed by atoms with E-state index in [4.69, 9.17) is 0 Å². The number of nitrogens with zero attached hydrogens (tertiary/aromatic N) is 1. The zero-order valence-corrected chi connectivity index (χ0v) is 11.9. The number of hydrogen-bond donors (Lipinski definition) is 2. The molecule has 0 saturated carbocycles. The molecular weight excluding hydrogens is 246 g/mol. The lowest BCUT2D eigenvalue weighted by atomic mass is 10.1. The molecule has 3 nitrogen and oxygen atoms in total. The first kappa shape index (κ1) is 13.6. The van der Waals surface area contributed by atoms with Gasteiger partial charge in [0.2, 0.25) is 0 Å². The fourth-order valence-corrected chi connectivity index (χ4v) is 2.73. The van der Waals surface area contributed by atoms with Crippen molar-refractivity contribution in [1.82, 2.24) is 15.5 Å². The number of nitrogens with one attached hydrogen (secondary N) is 2. The van der Waals surface area contributed by atoms with Crippen molar-refractivity contribution in [2.24, 2.45) is 0 Å². The molecule has 0 atom stereocenters. The lowest BCUT2D eigenvalue weighted by Gasteiger charge is -2.27. The van der Waals surface area contributed by atoms with Crippen LogP contribution >= 0.6 is 0 Å². The van der Waals surface area contributed by atoms with Crippen LogP contribution in [0.1, 0.15) is 5.56 Å². The molecule has 1 heterocycles. The summed E-state index contributed by atoms with van der Waals surface area (Å²) in [6.07, 6.45) is 1.09. The minimum Gasteiger partial charge on any atom is -0.314 e. The van der Waals surface area contributed by atoms with Gasteiger partial charge >= 0.3 is 0 Å². The van der Waals surface area contributed by atoms with Gasteiger partial charge in [0.15, 0.2) is 0 Å². The van der Waals surface area contributed by atoms with Crippen LogP contribution in [0.4, 0.5) is 0 Å². The van der Waals surface area contributed by atoms with E-state index in [1.807, 2.05) is 0 Å². The summed E-state index contributed by atoms with van der Waals surface area (Å²) >= 11 is 0. The highest BCUT2D eigenvalue weighted by molar-refractivity contribution is 5.82. The molecule has 0 bridgehead atoms. The summed E-state index contributed by atoms with van der Waals surface area (Å²) in [6, 6.07) is 15.3. The third-order valence-electron chi connectivity index (χ3n) is 3.95. The molecule has 1 aliphatic heterocycles. The average Bonchev–Trinajstić information content (AvgIpc) is 2.52. The molecule has 20 heavy (non-hydrogen) atoms. The van der Waals surface area contributed by atoms with Crippen LogP contribution in [0.15, 0.2) is 42.5 Å². The molecule has 0 unspecified atom stereocenters. The first-order valence-electron chi connectivity index (χ1n) is 7.53. The number of piperazine rings is 1. The quantitative estimate of drug-likeness (QED) is 0.811. The second-order valence-electron chi connectivity index (χ2n) is 5.46. The minimum atomic E-state index is 1.01. The number of fused-ring (bicyclic) bond motifs is 1. The standard InChI is InChI=1S/C17H23N3/c1-2-4-17-13-15(5-6-16(17)3-1)7-8-19-14-20-11-9-18-10-12-20/h1-6,13,18-19H,7-12,14H2. The third kappa shape index (κ3) is 3.57. The highest BCUT2D eigenvalue weighted by Crippen LogP contribution is 2.15. The van der Waals surface area contributed by atoms with E-state index in [2.05, 4.69) is 58.0 Å². The average molecular weight is 269 g/mol. The van der Waals surface area contributed by atoms with E-state index < -0.39 is 0 Å². The van der Waals surface area contributed by atoms with Crippen molar-refractivity contribution in [2.45, 2.75) is 6.42 Å². The van der Waals surface area contributed by atoms with Crippen LogP contribution in [-0.2, 0) is 6.42 Å². The Morgan fingerprint density at radius 3 is 2.65 bits per heavy atom. The van der Waals surface area contributed by atoms with Crippen LogP contribution in [0, 0.1) is 0 Å². The number of benzene rings is 2. The van der Waals surface area contributed by atoms with Crippen molar-refractivity contribution in [1.29, 1.82) is 0 Å². The Morgan fingerprint density at radius 2 is 1.80 bits per heavy atom. The first-order chi connectivity index (χ1) is 9.92. The predicted octanol–water partition coefficient (Wildman–Crippen LogP) is 1.83. The maximum Gasteiger partial charge on any atom is 0.0481 e. The Kier molecular flexibility index (Phi) is 4.64. The predicted molar refractivity (Wildman–Crippen MR) is 85.0 cm³/mol. The van der Waals surface area contributed by atoms with Gasteiger partial charge in [0.25, 0.3) is 0 Å². The van der Waals surface area contributed by atoms with Crippen LogP contribution in [0.25, 0.3) is 10.8 Å². The van der Waals surface area contributed by atoms with Gasteiger partial charge in [-0.3, -0.25) is 4.90 Å². The molecule has 1 fully saturated rings. The topological polar surface area (TPSA) is 27.3 Å². The molecule has 2 aromatic carbocycles. The van der Waals surface area contributed by atoms with Crippen molar-refractivity contribution in [3.8, 4) is 0 Å². The highest BCUT2D eigenvalue weighted by atomic mass is 15.2. The molecule has 0 radical (unpaired) electrons. The second-order valence-corrected chi connectivity index (χ2v) is 5.46. The molecule has 1 aliphatic rings. The van der Waals surface area contributed by atoms with Crippen molar-refractivity contribution >= 4 is 10.8 Å². The summed E-state index contributed by atoms with van der Waals surface area (Å²) in [5.74, 6) is 0. The molecule has 1 saturated heterocycles. The summed E-state index contributed by atoms with van der Waals surface area (Å²) in [5, 5.41) is 9.59. The molecular formula is C17H23N3. The van der Waals surface area contributed by atoms with Crippen LogP contribution in [0.3, 0.4) is 0 Å². The Hall–Kier alpha value is -1.42. The summed E-state index contributed by atoms with van der Waals surface area (Å²) < 4.78 is 0. The Labute approximate surface area is 121 Å². The number of hydrogen-bond acceptors (Lipinski definition) is 3. The van der Waals surface area contributed by atoms with E-state index in [9.17, 15) is 0 Å². The summed E-state index contributed by atoms with van der Waals surface area (Å²) in [6.45, 7) is 6.60. The zero-order chi connectivity index (χ0) is 13.6. The summed E-state index contributed by atoms with van der Waals surface area (Å²) in [4.78, 5) is 2.47. The van der Waals surface area contributed by atoms with E-state index in [0.717, 1.165) is 45.8 Å². The maximum atomic E-state index is 3.55. The Morgan fingerprint density at radius 1 is 1.00 bits per heavy atom. The molecule has 3 rings (SSSR count). The van der Waals surface area contributed by atoms with Crippen molar-refractivity contribution in [3.63, 3.8) is 0 Å². The normalized spacial score (nSPS) is 16.6. The van der Waals surface area contributed by atoms with Gasteiger partial charge in [0, 0.05) is 39.4 Å². The molecule has 106 valence electrons. The fraction of sp³-hybridized carbons (Fsp3) is 0.412. The monoisotopic (exact) mass is 269 g/mol. The summed E-state index contributed by atoms with van der Waals surface area (Å²) in [5.41, 5.74) is 1.41. The second kappa shape index (κ2) is 6.84. The van der Waals surface area contributed by atoms with Crippen LogP contribution in [-0.4, -0.2) is 44.3 Å². The van der Waals surface area contributed by atoms with E-state index in [0.29, 0.717) is 0 Å². The van der Waals surface area contributed by atoms with Gasteiger partial charge in [-0.1, -0.05) is 42.5 Å². The van der Waals surface area contributed by atoms with Crippen molar-refractivity contribution in [2.75, 3.05) is 39.4 Å². The molecule has 0 amide bonds. The Balaban J connectivity index is 1.47. The highest BCUT2D eigenvalue weighted by Gasteiger charge is 2.07. The van der Waals surface area contributed by atoms with Gasteiger partial charge < -0.3 is 10.6 Å². The fourth-order valence-electron chi connectivity index (χ4n) is 2.73. The van der Waals surface area contributed by atoms with Gasteiger partial charge in [-0.05, 0) is 22.8 Å². The van der Waals surface area contributed by atoms with E-state index in [-0.39, 0.29) is 0 Å². The Bertz CT molecular complexity index is 547. The molecule has 2 aromatic rings. The molecule has 0 spiro atoms. The van der Waals surface area contributed by atoms with Gasteiger partial charge in [-0.2, -0.15) is 0 Å². The van der Waals surface area contributed by atoms with E-state index in [1.165, 1.54) is 16.3 Å². The van der Waals surface area contributed by atoms with Gasteiger partial charge in [0.1, 0.15) is 0 Å². The third-order valence-corrected chi connectivity index (χ3v) is 3.95. The van der Waals surface area contributed by atoms with Crippen LogP contribution in [0.2, 0.25) is 0 Å². The van der Waals surface area contributed by atoms with Gasteiger partial charge in [-0.25, -0.2) is 0 Å². The molecule has 0 aromatic heterocycles. The smallest absolute Gasteiger partial charge is 0.0481 e. The first-order valence-corrected chi connectivity index (χ1v) is 7.53. The SMILES string of the molecule is c1ccc2cc(CCNCN3CCNCC3)ccc2c1. The van der Waals surface area contributed by atoms with Gasteiger partial charge in [0.05, 0.1) is 0 Å². The van der Waals surface area contributed by atoms with Crippen LogP contribution < -0.4 is 10.6 Å². The summed E-state index contributed by atoms with van der Waals surface area (Å²) in [7, 11) is 0. The molecule has 3 heteroatoms. The lowest BCUT2D eigenvalue weighted by Crippen LogP contribution is -2.47. The van der Waals surface area contributed by atoms with E-state index in [1.54, 1.807) is 0 Å². The molecule has 2 N–H and O–H groups in total. The maximum absolute atomic E-state index is 3.55. The minimum absolute atomic E-state index is 1.01. The van der Waals surface area contributed by atoms with Crippen molar-refractivity contribution in [3.05, 3.63) is 48.0 Å². The van der Waals surface area contributed by atoms with Gasteiger partial charge in [-0.15, -0.1) is 0 Å².